The van der Waals surface area contributed by atoms with Crippen molar-refractivity contribution in [1.82, 2.24) is 0 Å². The van der Waals surface area contributed by atoms with Gasteiger partial charge in [0.15, 0.2) is 0 Å². The van der Waals surface area contributed by atoms with Crippen LogP contribution >= 0.6 is 11.8 Å². The van der Waals surface area contributed by atoms with E-state index in [1.165, 1.54) is 0 Å². The van der Waals surface area contributed by atoms with Crippen molar-refractivity contribution in [3.8, 4) is 0 Å². The second-order valence-electron chi connectivity index (χ2n) is 3.78. The van der Waals surface area contributed by atoms with Crippen molar-refractivity contribution in [2.45, 2.75) is 24.3 Å². The molecule has 5 heteroatoms. The van der Waals surface area contributed by atoms with Gasteiger partial charge in [0.05, 0.1) is 6.42 Å². The first kappa shape index (κ1) is 13.6. The second kappa shape index (κ2) is 6.30. The summed E-state index contributed by atoms with van der Waals surface area (Å²) in [6.45, 7) is 1.87. The Kier molecular flexibility index (Phi) is 5.03. The number of aliphatic carboxylic acids is 1. The third-order valence-corrected chi connectivity index (χ3v) is 3.44. The molecule has 0 aliphatic heterocycles. The van der Waals surface area contributed by atoms with E-state index in [1.54, 1.807) is 30.0 Å². The largest absolute Gasteiger partial charge is 0.481 e. The molecule has 0 aromatic heterocycles. The second-order valence-corrected chi connectivity index (χ2v) is 5.21. The number of nitrogens with two attached hydrogens (primary N) is 1. The molecule has 0 aliphatic rings. The van der Waals surface area contributed by atoms with E-state index in [9.17, 15) is 9.59 Å². The molecule has 0 heterocycles. The number of carboxylic acids is 1. The van der Waals surface area contributed by atoms with E-state index in [2.05, 4.69) is 0 Å². The monoisotopic (exact) mass is 253 g/mol. The summed E-state index contributed by atoms with van der Waals surface area (Å²) >= 11 is 1.55. The van der Waals surface area contributed by atoms with Crippen LogP contribution in [0.2, 0.25) is 0 Å². The van der Waals surface area contributed by atoms with Crippen LogP contribution in [0.15, 0.2) is 24.3 Å². The van der Waals surface area contributed by atoms with Crippen LogP contribution in [0.4, 0.5) is 0 Å². The van der Waals surface area contributed by atoms with Gasteiger partial charge in [-0.3, -0.25) is 9.59 Å². The molecule has 4 nitrogen and oxygen atoms in total. The Bertz CT molecular complexity index is 420. The maximum absolute atomic E-state index is 11.0. The molecule has 0 saturated carbocycles. The minimum absolute atomic E-state index is 0.0461. The first-order valence-electron chi connectivity index (χ1n) is 5.21. The lowest BCUT2D eigenvalue weighted by Crippen LogP contribution is -2.11. The van der Waals surface area contributed by atoms with Gasteiger partial charge in [0.2, 0.25) is 5.91 Å². The van der Waals surface area contributed by atoms with Gasteiger partial charge in [-0.15, -0.1) is 0 Å². The van der Waals surface area contributed by atoms with Crippen molar-refractivity contribution < 1.29 is 14.7 Å². The number of thioether (sulfide) groups is 1. The molecule has 0 radical (unpaired) electrons. The van der Waals surface area contributed by atoms with Gasteiger partial charge in [0.1, 0.15) is 0 Å². The van der Waals surface area contributed by atoms with Crippen LogP contribution < -0.4 is 5.73 Å². The van der Waals surface area contributed by atoms with Crippen LogP contribution in [-0.4, -0.2) is 22.2 Å². The lowest BCUT2D eigenvalue weighted by molar-refractivity contribution is -0.136. The summed E-state index contributed by atoms with van der Waals surface area (Å²) in [6.07, 6.45) is 0.139. The average molecular weight is 253 g/mol. The third-order valence-electron chi connectivity index (χ3n) is 2.21. The summed E-state index contributed by atoms with van der Waals surface area (Å²) in [5, 5.41) is 8.67. The Hall–Kier alpha value is -1.49. The highest BCUT2D eigenvalue weighted by Crippen LogP contribution is 2.20. The van der Waals surface area contributed by atoms with Crippen LogP contribution in [0.25, 0.3) is 0 Å². The zero-order valence-electron chi connectivity index (χ0n) is 9.55. The number of carbonyl (C=O) groups excluding carboxylic acids is 1. The molecule has 0 saturated heterocycles. The molecular weight excluding hydrogens is 238 g/mol. The molecule has 1 unspecified atom stereocenters. The average Bonchev–Trinajstić information content (AvgIpc) is 2.26. The van der Waals surface area contributed by atoms with E-state index in [4.69, 9.17) is 10.8 Å². The van der Waals surface area contributed by atoms with E-state index in [0.29, 0.717) is 11.3 Å². The first-order valence-corrected chi connectivity index (χ1v) is 6.26. The van der Waals surface area contributed by atoms with Gasteiger partial charge in [0.25, 0.3) is 0 Å². The van der Waals surface area contributed by atoms with Crippen LogP contribution in [0, 0.1) is 0 Å². The molecule has 1 rings (SSSR count). The van der Waals surface area contributed by atoms with Crippen molar-refractivity contribution in [3.05, 3.63) is 35.4 Å². The molecule has 1 aromatic rings. The standard InChI is InChI=1S/C12H15NO3S/c1-8(5-11(14)15)17-7-9-3-2-4-10(6-9)12(13)16/h2-4,6,8H,5,7H2,1H3,(H2,13,16)(H,14,15). The van der Waals surface area contributed by atoms with E-state index >= 15 is 0 Å². The van der Waals surface area contributed by atoms with Gasteiger partial charge in [-0.2, -0.15) is 11.8 Å². The summed E-state index contributed by atoms with van der Waals surface area (Å²) in [4.78, 5) is 21.5. The third kappa shape index (κ3) is 4.91. The van der Waals surface area contributed by atoms with Crippen molar-refractivity contribution in [3.63, 3.8) is 0 Å². The zero-order chi connectivity index (χ0) is 12.8. The lowest BCUT2D eigenvalue weighted by atomic mass is 10.1. The highest BCUT2D eigenvalue weighted by Gasteiger charge is 2.08. The van der Waals surface area contributed by atoms with Crippen LogP contribution in [0.5, 0.6) is 0 Å². The topological polar surface area (TPSA) is 80.4 Å². The summed E-state index contributed by atoms with van der Waals surface area (Å²) in [5.41, 5.74) is 6.64. The molecule has 3 N–H and O–H groups in total. The molecule has 92 valence electrons. The molecule has 0 fully saturated rings. The Morgan fingerprint density at radius 3 is 2.76 bits per heavy atom. The minimum atomic E-state index is -0.795. The molecule has 1 amide bonds. The fourth-order valence-electron chi connectivity index (χ4n) is 1.36. The summed E-state index contributed by atoms with van der Waals surface area (Å²) < 4.78 is 0. The maximum atomic E-state index is 11.0. The number of amides is 1. The van der Waals surface area contributed by atoms with Gasteiger partial charge < -0.3 is 10.8 Å². The molecule has 17 heavy (non-hydrogen) atoms. The number of benzene rings is 1. The number of carboxylic acid groups (broad SMARTS) is 1. The predicted molar refractivity (Wildman–Crippen MR) is 68.0 cm³/mol. The Balaban J connectivity index is 2.54. The predicted octanol–water partition coefficient (Wildman–Crippen LogP) is 1.88. The van der Waals surface area contributed by atoms with Crippen molar-refractivity contribution in [1.29, 1.82) is 0 Å². The molecule has 0 bridgehead atoms. The Morgan fingerprint density at radius 1 is 1.47 bits per heavy atom. The van der Waals surface area contributed by atoms with Crippen molar-refractivity contribution in [2.24, 2.45) is 5.73 Å². The van der Waals surface area contributed by atoms with Crippen molar-refractivity contribution >= 4 is 23.6 Å². The number of primary amides is 1. The minimum Gasteiger partial charge on any atom is -0.481 e. The van der Waals surface area contributed by atoms with Gasteiger partial charge in [0, 0.05) is 16.6 Å². The van der Waals surface area contributed by atoms with E-state index in [0.717, 1.165) is 5.56 Å². The van der Waals surface area contributed by atoms with Crippen LogP contribution in [0.1, 0.15) is 29.3 Å². The van der Waals surface area contributed by atoms with E-state index in [-0.39, 0.29) is 11.7 Å². The highest BCUT2D eigenvalue weighted by atomic mass is 32.2. The normalized spacial score (nSPS) is 12.1. The first-order chi connectivity index (χ1) is 7.99. The highest BCUT2D eigenvalue weighted by molar-refractivity contribution is 7.99. The number of rotatable bonds is 6. The fourth-order valence-corrected chi connectivity index (χ4v) is 2.27. The fraction of sp³-hybridized carbons (Fsp3) is 0.333. The van der Waals surface area contributed by atoms with Crippen LogP contribution in [0.3, 0.4) is 0 Å². The lowest BCUT2D eigenvalue weighted by Gasteiger charge is -2.08. The van der Waals surface area contributed by atoms with Crippen LogP contribution in [-0.2, 0) is 10.5 Å². The molecule has 0 aliphatic carbocycles. The SMILES string of the molecule is CC(CC(=O)O)SCc1cccc(C(N)=O)c1. The zero-order valence-corrected chi connectivity index (χ0v) is 10.4. The summed E-state index contributed by atoms with van der Waals surface area (Å²) in [6, 6.07) is 7.07. The Morgan fingerprint density at radius 2 is 2.18 bits per heavy atom. The molecule has 0 spiro atoms. The maximum Gasteiger partial charge on any atom is 0.304 e. The van der Waals surface area contributed by atoms with E-state index in [1.807, 2.05) is 13.0 Å². The number of carbonyl (C=O) groups is 2. The van der Waals surface area contributed by atoms with Crippen molar-refractivity contribution in [2.75, 3.05) is 0 Å². The molecular formula is C12H15NO3S. The number of hydrogen-bond acceptors (Lipinski definition) is 3. The van der Waals surface area contributed by atoms with Gasteiger partial charge in [-0.25, -0.2) is 0 Å². The molecule has 1 aromatic carbocycles. The van der Waals surface area contributed by atoms with Gasteiger partial charge in [-0.05, 0) is 17.7 Å². The quantitative estimate of drug-likeness (QED) is 0.811. The Labute approximate surface area is 104 Å². The number of hydrogen-bond donors (Lipinski definition) is 2. The van der Waals surface area contributed by atoms with E-state index < -0.39 is 11.9 Å². The summed E-state index contributed by atoms with van der Waals surface area (Å²) in [7, 11) is 0. The molecule has 1 atom stereocenters. The summed E-state index contributed by atoms with van der Waals surface area (Å²) in [5.74, 6) is -0.568. The van der Waals surface area contributed by atoms with Gasteiger partial charge in [-0.1, -0.05) is 19.1 Å². The van der Waals surface area contributed by atoms with Gasteiger partial charge >= 0.3 is 5.97 Å². The smallest absolute Gasteiger partial charge is 0.304 e.